The van der Waals surface area contributed by atoms with Gasteiger partial charge < -0.3 is 10.1 Å². The second-order valence-electron chi connectivity index (χ2n) is 3.67. The number of aryl methyl sites for hydroxylation is 1. The lowest BCUT2D eigenvalue weighted by Gasteiger charge is -2.25. The van der Waals surface area contributed by atoms with Crippen molar-refractivity contribution in [1.29, 1.82) is 0 Å². The molecule has 82 valence electrons. The minimum absolute atomic E-state index is 0.133. The largest absolute Gasteiger partial charge is 0.378 e. The Bertz CT molecular complexity index is 364. The van der Waals surface area contributed by atoms with Gasteiger partial charge in [0.05, 0.1) is 24.3 Å². The molecule has 0 spiro atoms. The number of nitrogens with one attached hydrogen (secondary N) is 1. The Labute approximate surface area is 93.4 Å². The summed E-state index contributed by atoms with van der Waals surface area (Å²) in [5, 5.41) is 3.69. The van der Waals surface area contributed by atoms with E-state index in [9.17, 15) is 4.39 Å². The summed E-state index contributed by atoms with van der Waals surface area (Å²) in [7, 11) is 0. The van der Waals surface area contributed by atoms with Gasteiger partial charge in [0.15, 0.2) is 0 Å². The van der Waals surface area contributed by atoms with Gasteiger partial charge in [0, 0.05) is 12.1 Å². The first-order valence-electron chi connectivity index (χ1n) is 4.96. The fourth-order valence-corrected chi connectivity index (χ4v) is 2.03. The highest BCUT2D eigenvalue weighted by molar-refractivity contribution is 6.32. The summed E-state index contributed by atoms with van der Waals surface area (Å²) in [6, 6.07) is 3.00. The van der Waals surface area contributed by atoms with Gasteiger partial charge in [-0.25, -0.2) is 4.39 Å². The second kappa shape index (κ2) is 4.47. The van der Waals surface area contributed by atoms with Gasteiger partial charge in [-0.1, -0.05) is 17.7 Å². The molecule has 1 N–H and O–H groups in total. The van der Waals surface area contributed by atoms with E-state index >= 15 is 0 Å². The van der Waals surface area contributed by atoms with Crippen LogP contribution in [0.3, 0.4) is 0 Å². The van der Waals surface area contributed by atoms with Crippen molar-refractivity contribution >= 4 is 11.6 Å². The van der Waals surface area contributed by atoms with Gasteiger partial charge in [-0.05, 0) is 18.6 Å². The third kappa shape index (κ3) is 2.14. The Morgan fingerprint density at radius 3 is 3.00 bits per heavy atom. The molecule has 1 aliphatic heterocycles. The highest BCUT2D eigenvalue weighted by Gasteiger charge is 2.22. The lowest BCUT2D eigenvalue weighted by molar-refractivity contribution is 0.0758. The summed E-state index contributed by atoms with van der Waals surface area (Å²) in [6.45, 7) is 3.74. The van der Waals surface area contributed by atoms with E-state index in [0.29, 0.717) is 23.8 Å². The summed E-state index contributed by atoms with van der Waals surface area (Å²) in [6.07, 6.45) is 0. The molecule has 1 heterocycles. The Kier molecular flexibility index (Phi) is 3.24. The van der Waals surface area contributed by atoms with Crippen molar-refractivity contribution in [2.24, 2.45) is 0 Å². The van der Waals surface area contributed by atoms with Crippen molar-refractivity contribution in [3.63, 3.8) is 0 Å². The lowest BCUT2D eigenvalue weighted by Crippen LogP contribution is -2.35. The maximum absolute atomic E-state index is 13.6. The number of rotatable bonds is 1. The van der Waals surface area contributed by atoms with E-state index in [0.717, 1.165) is 12.1 Å². The van der Waals surface area contributed by atoms with Gasteiger partial charge in [-0.3, -0.25) is 0 Å². The van der Waals surface area contributed by atoms with Gasteiger partial charge in [0.1, 0.15) is 5.82 Å². The molecule has 0 radical (unpaired) electrons. The van der Waals surface area contributed by atoms with Crippen molar-refractivity contribution < 1.29 is 9.13 Å². The van der Waals surface area contributed by atoms with E-state index in [1.165, 1.54) is 6.07 Å². The molecule has 0 amide bonds. The van der Waals surface area contributed by atoms with E-state index < -0.39 is 0 Å². The normalized spacial score (nSPS) is 21.7. The van der Waals surface area contributed by atoms with Crippen molar-refractivity contribution in [2.75, 3.05) is 19.8 Å². The first-order chi connectivity index (χ1) is 7.20. The predicted molar refractivity (Wildman–Crippen MR) is 57.7 cm³/mol. The number of hydrogen-bond acceptors (Lipinski definition) is 2. The van der Waals surface area contributed by atoms with Crippen LogP contribution in [0.1, 0.15) is 17.2 Å². The fourth-order valence-electron chi connectivity index (χ4n) is 1.75. The van der Waals surface area contributed by atoms with Crippen molar-refractivity contribution in [3.05, 3.63) is 34.1 Å². The smallest absolute Gasteiger partial charge is 0.129 e. The maximum Gasteiger partial charge on any atom is 0.129 e. The maximum atomic E-state index is 13.6. The number of halogens is 2. The topological polar surface area (TPSA) is 21.3 Å². The molecule has 1 fully saturated rings. The lowest BCUT2D eigenvalue weighted by atomic mass is 10.0. The third-order valence-electron chi connectivity index (χ3n) is 2.59. The molecule has 1 atom stereocenters. The highest BCUT2D eigenvalue weighted by Crippen LogP contribution is 2.29. The van der Waals surface area contributed by atoms with Crippen LogP contribution in [0.5, 0.6) is 0 Å². The first kappa shape index (κ1) is 10.9. The molecule has 1 aromatic carbocycles. The molecule has 1 saturated heterocycles. The number of morpholine rings is 1. The first-order valence-corrected chi connectivity index (χ1v) is 5.33. The summed E-state index contributed by atoms with van der Waals surface area (Å²) >= 11 is 6.10. The van der Waals surface area contributed by atoms with Crippen molar-refractivity contribution in [3.8, 4) is 0 Å². The van der Waals surface area contributed by atoms with Gasteiger partial charge in [-0.2, -0.15) is 0 Å². The van der Waals surface area contributed by atoms with Gasteiger partial charge in [0.2, 0.25) is 0 Å². The molecule has 4 heteroatoms. The van der Waals surface area contributed by atoms with E-state index in [2.05, 4.69) is 5.32 Å². The third-order valence-corrected chi connectivity index (χ3v) is 3.09. The van der Waals surface area contributed by atoms with Gasteiger partial charge in [0.25, 0.3) is 0 Å². The number of hydrogen-bond donors (Lipinski definition) is 1. The zero-order valence-corrected chi connectivity index (χ0v) is 9.27. The Morgan fingerprint density at radius 2 is 2.33 bits per heavy atom. The molecule has 0 saturated carbocycles. The summed E-state index contributed by atoms with van der Waals surface area (Å²) in [4.78, 5) is 0. The monoisotopic (exact) mass is 229 g/mol. The molecule has 0 aliphatic carbocycles. The van der Waals surface area contributed by atoms with Crippen LogP contribution in [0, 0.1) is 12.7 Å². The zero-order valence-electron chi connectivity index (χ0n) is 8.52. The Hall–Kier alpha value is -0.640. The minimum Gasteiger partial charge on any atom is -0.378 e. The van der Waals surface area contributed by atoms with Crippen LogP contribution in [0.4, 0.5) is 4.39 Å². The summed E-state index contributed by atoms with van der Waals surface area (Å²) in [5.74, 6) is -0.270. The van der Waals surface area contributed by atoms with E-state index in [1.54, 1.807) is 6.07 Å². The van der Waals surface area contributed by atoms with Gasteiger partial charge in [-0.15, -0.1) is 0 Å². The molecule has 0 aromatic heterocycles. The minimum atomic E-state index is -0.270. The van der Waals surface area contributed by atoms with Gasteiger partial charge >= 0.3 is 0 Å². The quantitative estimate of drug-likeness (QED) is 0.799. The zero-order chi connectivity index (χ0) is 10.8. The van der Waals surface area contributed by atoms with Crippen LogP contribution in [0.2, 0.25) is 5.02 Å². The number of ether oxygens (including phenoxy) is 1. The Morgan fingerprint density at radius 1 is 1.53 bits per heavy atom. The van der Waals surface area contributed by atoms with Crippen LogP contribution < -0.4 is 5.32 Å². The molecular formula is C11H13ClFNO. The molecule has 1 aliphatic rings. The Balaban J connectivity index is 2.36. The van der Waals surface area contributed by atoms with Crippen LogP contribution in [-0.2, 0) is 4.74 Å². The van der Waals surface area contributed by atoms with Crippen LogP contribution in [0.25, 0.3) is 0 Å². The molecule has 2 rings (SSSR count). The molecule has 2 nitrogen and oxygen atoms in total. The van der Waals surface area contributed by atoms with Crippen molar-refractivity contribution in [1.82, 2.24) is 5.32 Å². The average molecular weight is 230 g/mol. The van der Waals surface area contributed by atoms with Crippen LogP contribution >= 0.6 is 11.6 Å². The van der Waals surface area contributed by atoms with E-state index in [4.69, 9.17) is 16.3 Å². The number of benzene rings is 1. The molecule has 1 aromatic rings. The fraction of sp³-hybridized carbons (Fsp3) is 0.455. The summed E-state index contributed by atoms with van der Waals surface area (Å²) < 4.78 is 18.9. The summed E-state index contributed by atoms with van der Waals surface area (Å²) in [5.41, 5.74) is 1.41. The predicted octanol–water partition coefficient (Wildman–Crippen LogP) is 2.45. The highest BCUT2D eigenvalue weighted by atomic mass is 35.5. The standard InChI is InChI=1S/C11H13ClFNO/c1-7-2-3-8(13)10(11(7)12)9-6-15-5-4-14-9/h2-3,9,14H,4-6H2,1H3/t9-/m0/s1. The molecule has 0 bridgehead atoms. The molecular weight excluding hydrogens is 217 g/mol. The van der Waals surface area contributed by atoms with Crippen molar-refractivity contribution in [2.45, 2.75) is 13.0 Å². The van der Waals surface area contributed by atoms with E-state index in [1.807, 2.05) is 6.92 Å². The average Bonchev–Trinajstić information content (AvgIpc) is 2.26. The van der Waals surface area contributed by atoms with E-state index in [-0.39, 0.29) is 11.9 Å². The molecule has 15 heavy (non-hydrogen) atoms. The van der Waals surface area contributed by atoms with Crippen LogP contribution in [-0.4, -0.2) is 19.8 Å². The van der Waals surface area contributed by atoms with Crippen LogP contribution in [0.15, 0.2) is 12.1 Å². The molecule has 0 unspecified atom stereocenters. The SMILES string of the molecule is Cc1ccc(F)c([C@@H]2COCCN2)c1Cl. The second-order valence-corrected chi connectivity index (χ2v) is 4.05.